The number of hydrogen-bond donors (Lipinski definition) is 2. The van der Waals surface area contributed by atoms with E-state index in [0.717, 1.165) is 25.9 Å². The smallest absolute Gasteiger partial charge is 0.317 e. The molecule has 0 spiro atoms. The Labute approximate surface area is 94.0 Å². The minimum Gasteiger partial charge on any atom is -0.317 e. The molecule has 5 heteroatoms. The molecule has 2 aliphatic rings. The van der Waals surface area contributed by atoms with Crippen molar-refractivity contribution in [1.29, 1.82) is 0 Å². The van der Waals surface area contributed by atoms with Gasteiger partial charge >= 0.3 is 6.18 Å². The molecule has 0 amide bonds. The van der Waals surface area contributed by atoms with Crippen molar-refractivity contribution < 1.29 is 13.2 Å². The van der Waals surface area contributed by atoms with Crippen LogP contribution in [0.5, 0.6) is 0 Å². The van der Waals surface area contributed by atoms with Crippen LogP contribution in [0, 0.1) is 5.41 Å². The molecule has 1 saturated heterocycles. The summed E-state index contributed by atoms with van der Waals surface area (Å²) in [4.78, 5) is 0. The molecule has 0 atom stereocenters. The first-order valence-corrected chi connectivity index (χ1v) is 5.90. The number of nitrogens with one attached hydrogen (secondary N) is 2. The van der Waals surface area contributed by atoms with Crippen molar-refractivity contribution >= 4 is 0 Å². The van der Waals surface area contributed by atoms with Crippen molar-refractivity contribution in [2.24, 2.45) is 5.41 Å². The number of alkyl halides is 3. The van der Waals surface area contributed by atoms with Crippen LogP contribution in [0.4, 0.5) is 13.2 Å². The molecule has 0 unspecified atom stereocenters. The van der Waals surface area contributed by atoms with Gasteiger partial charge in [-0.2, -0.15) is 13.2 Å². The van der Waals surface area contributed by atoms with Gasteiger partial charge < -0.3 is 10.6 Å². The maximum Gasteiger partial charge on any atom is 0.406 e. The van der Waals surface area contributed by atoms with Gasteiger partial charge in [0.05, 0.1) is 0 Å². The van der Waals surface area contributed by atoms with E-state index in [9.17, 15) is 13.2 Å². The highest BCUT2D eigenvalue weighted by atomic mass is 19.4. The van der Waals surface area contributed by atoms with E-state index in [1.54, 1.807) is 0 Å². The van der Waals surface area contributed by atoms with Crippen LogP contribution < -0.4 is 10.6 Å². The third kappa shape index (κ3) is 2.35. The molecule has 94 valence electrons. The first kappa shape index (κ1) is 12.2. The van der Waals surface area contributed by atoms with E-state index in [1.807, 2.05) is 0 Å². The molecule has 0 radical (unpaired) electrons. The van der Waals surface area contributed by atoms with E-state index >= 15 is 0 Å². The minimum atomic E-state index is -4.09. The van der Waals surface area contributed by atoms with Gasteiger partial charge in [0.2, 0.25) is 0 Å². The second kappa shape index (κ2) is 3.88. The normalized spacial score (nSPS) is 27.8. The summed E-state index contributed by atoms with van der Waals surface area (Å²) in [7, 11) is 0. The molecular weight excluding hydrogens is 217 g/mol. The fraction of sp³-hybridized carbons (Fsp3) is 1.00. The Morgan fingerprint density at radius 3 is 2.12 bits per heavy atom. The predicted molar refractivity (Wildman–Crippen MR) is 56.2 cm³/mol. The summed E-state index contributed by atoms with van der Waals surface area (Å²) in [5.41, 5.74) is -1.53. The molecule has 16 heavy (non-hydrogen) atoms. The van der Waals surface area contributed by atoms with Crippen LogP contribution in [0.25, 0.3) is 0 Å². The van der Waals surface area contributed by atoms with Crippen LogP contribution in [-0.2, 0) is 0 Å². The topological polar surface area (TPSA) is 24.1 Å². The highest BCUT2D eigenvalue weighted by Gasteiger charge is 2.63. The Hall–Kier alpha value is -0.290. The summed E-state index contributed by atoms with van der Waals surface area (Å²) in [6.07, 6.45) is -1.70. The van der Waals surface area contributed by atoms with Gasteiger partial charge in [-0.3, -0.25) is 0 Å². The lowest BCUT2D eigenvalue weighted by atomic mass is 9.81. The lowest BCUT2D eigenvalue weighted by Gasteiger charge is -2.36. The van der Waals surface area contributed by atoms with Crippen molar-refractivity contribution in [1.82, 2.24) is 10.6 Å². The minimum absolute atomic E-state index is 0.0199. The number of rotatable bonds is 3. The van der Waals surface area contributed by atoms with Gasteiger partial charge in [-0.25, -0.2) is 0 Å². The monoisotopic (exact) mass is 236 g/mol. The number of hydrogen-bond acceptors (Lipinski definition) is 2. The Kier molecular flexibility index (Phi) is 2.95. The quantitative estimate of drug-likeness (QED) is 0.783. The van der Waals surface area contributed by atoms with Gasteiger partial charge in [0, 0.05) is 6.54 Å². The molecule has 1 heterocycles. The van der Waals surface area contributed by atoms with Gasteiger partial charge in [0.1, 0.15) is 5.54 Å². The summed E-state index contributed by atoms with van der Waals surface area (Å²) < 4.78 is 38.1. The van der Waals surface area contributed by atoms with E-state index in [4.69, 9.17) is 0 Å². The predicted octanol–water partition coefficient (Wildman–Crippen LogP) is 2.06. The zero-order chi connectivity index (χ0) is 11.9. The average Bonchev–Trinajstić information content (AvgIpc) is 2.96. The van der Waals surface area contributed by atoms with E-state index in [0.29, 0.717) is 6.54 Å². The Morgan fingerprint density at radius 2 is 1.69 bits per heavy atom. The third-order valence-corrected chi connectivity index (χ3v) is 3.96. The van der Waals surface area contributed by atoms with E-state index in [2.05, 4.69) is 17.6 Å². The van der Waals surface area contributed by atoms with Gasteiger partial charge in [0.25, 0.3) is 0 Å². The van der Waals surface area contributed by atoms with Crippen molar-refractivity contribution in [2.75, 3.05) is 19.6 Å². The molecular formula is C11H19F3N2. The summed E-state index contributed by atoms with van der Waals surface area (Å²) in [5, 5.41) is 6.00. The van der Waals surface area contributed by atoms with Crippen molar-refractivity contribution in [3.05, 3.63) is 0 Å². The maximum absolute atomic E-state index is 12.7. The molecule has 0 aromatic heterocycles. The molecule has 2 N–H and O–H groups in total. The van der Waals surface area contributed by atoms with Crippen molar-refractivity contribution in [3.8, 4) is 0 Å². The van der Waals surface area contributed by atoms with Crippen molar-refractivity contribution in [3.63, 3.8) is 0 Å². The van der Waals surface area contributed by atoms with Crippen LogP contribution >= 0.6 is 0 Å². The third-order valence-electron chi connectivity index (χ3n) is 3.96. The Morgan fingerprint density at radius 1 is 1.12 bits per heavy atom. The molecule has 2 rings (SSSR count). The molecule has 2 nitrogen and oxygen atoms in total. The fourth-order valence-corrected chi connectivity index (χ4v) is 2.28. The molecule has 0 bridgehead atoms. The Balaban J connectivity index is 1.87. The van der Waals surface area contributed by atoms with E-state index in [1.165, 1.54) is 0 Å². The first-order chi connectivity index (χ1) is 7.37. The standard InChI is InChI=1S/C11H19F3N2/c1-9(4-6-15-7-5-9)8-16-10(2-3-10)11(12,13)14/h15-16H,2-8H2,1H3. The van der Waals surface area contributed by atoms with Crippen LogP contribution in [0.2, 0.25) is 0 Å². The molecule has 1 saturated carbocycles. The van der Waals surface area contributed by atoms with Crippen LogP contribution in [-0.4, -0.2) is 31.3 Å². The highest BCUT2D eigenvalue weighted by Crippen LogP contribution is 2.49. The second-order valence-corrected chi connectivity index (χ2v) is 5.49. The lowest BCUT2D eigenvalue weighted by Crippen LogP contribution is -2.50. The Bertz CT molecular complexity index is 252. The van der Waals surface area contributed by atoms with Crippen LogP contribution in [0.1, 0.15) is 32.6 Å². The van der Waals surface area contributed by atoms with Gasteiger partial charge in [-0.05, 0) is 44.2 Å². The van der Waals surface area contributed by atoms with Crippen LogP contribution in [0.15, 0.2) is 0 Å². The number of halogens is 3. The van der Waals surface area contributed by atoms with Gasteiger partial charge in [0.15, 0.2) is 0 Å². The molecule has 1 aliphatic heterocycles. The molecule has 1 aliphatic carbocycles. The number of piperidine rings is 1. The average molecular weight is 236 g/mol. The van der Waals surface area contributed by atoms with E-state index in [-0.39, 0.29) is 18.3 Å². The molecule has 0 aromatic carbocycles. The second-order valence-electron chi connectivity index (χ2n) is 5.49. The summed E-state index contributed by atoms with van der Waals surface area (Å²) in [5.74, 6) is 0. The maximum atomic E-state index is 12.7. The fourth-order valence-electron chi connectivity index (χ4n) is 2.28. The summed E-state index contributed by atoms with van der Waals surface area (Å²) in [6, 6.07) is 0. The SMILES string of the molecule is CC1(CNC2(C(F)(F)F)CC2)CCNCC1. The molecule has 2 fully saturated rings. The summed E-state index contributed by atoms with van der Waals surface area (Å²) in [6.45, 7) is 4.38. The molecule has 0 aromatic rings. The zero-order valence-corrected chi connectivity index (χ0v) is 9.58. The van der Waals surface area contributed by atoms with E-state index < -0.39 is 11.7 Å². The largest absolute Gasteiger partial charge is 0.406 e. The van der Waals surface area contributed by atoms with Crippen molar-refractivity contribution in [2.45, 2.75) is 44.3 Å². The highest BCUT2D eigenvalue weighted by molar-refractivity contribution is 5.08. The summed E-state index contributed by atoms with van der Waals surface area (Å²) >= 11 is 0. The lowest BCUT2D eigenvalue weighted by molar-refractivity contribution is -0.167. The first-order valence-electron chi connectivity index (χ1n) is 5.90. The zero-order valence-electron chi connectivity index (χ0n) is 9.58. The van der Waals surface area contributed by atoms with Crippen LogP contribution in [0.3, 0.4) is 0 Å². The van der Waals surface area contributed by atoms with Gasteiger partial charge in [-0.1, -0.05) is 6.92 Å². The van der Waals surface area contributed by atoms with Gasteiger partial charge in [-0.15, -0.1) is 0 Å².